The highest BCUT2D eigenvalue weighted by atomic mass is 15.2. The quantitative estimate of drug-likeness (QED) is 0.156. The van der Waals surface area contributed by atoms with Crippen LogP contribution in [0.2, 0.25) is 0 Å². The van der Waals surface area contributed by atoms with Crippen molar-refractivity contribution in [2.24, 2.45) is 0 Å². The van der Waals surface area contributed by atoms with Gasteiger partial charge in [0.2, 0.25) is 5.95 Å². The summed E-state index contributed by atoms with van der Waals surface area (Å²) in [5.74, 6) is 1.80. The van der Waals surface area contributed by atoms with Gasteiger partial charge in [0.1, 0.15) is 0 Å². The van der Waals surface area contributed by atoms with Crippen molar-refractivity contribution in [3.63, 3.8) is 0 Å². The monoisotopic (exact) mass is 865 g/mol. The Bertz CT molecular complexity index is 4270. The fourth-order valence-electron chi connectivity index (χ4n) is 10.7. The van der Waals surface area contributed by atoms with E-state index in [0.29, 0.717) is 17.6 Å². The molecular weight excluding hydrogens is 827 g/mol. The second-order valence-corrected chi connectivity index (χ2v) is 17.6. The van der Waals surface area contributed by atoms with Crippen LogP contribution in [0.4, 0.5) is 0 Å². The van der Waals surface area contributed by atoms with Gasteiger partial charge in [-0.3, -0.25) is 4.57 Å². The molecule has 5 nitrogen and oxygen atoms in total. The Balaban J connectivity index is 0.962. The van der Waals surface area contributed by atoms with Crippen LogP contribution in [0.3, 0.4) is 0 Å². The lowest BCUT2D eigenvalue weighted by Gasteiger charge is -2.13. The second-order valence-electron chi connectivity index (χ2n) is 17.6. The molecule has 0 spiro atoms. The minimum Gasteiger partial charge on any atom is -0.309 e. The summed E-state index contributed by atoms with van der Waals surface area (Å²) in [6.45, 7) is 0. The fraction of sp³-hybridized carbons (Fsp3) is 0. The minimum absolute atomic E-state index is 0.569. The first-order valence-electron chi connectivity index (χ1n) is 23.1. The third kappa shape index (κ3) is 5.93. The Hall–Kier alpha value is -9.19. The van der Waals surface area contributed by atoms with Crippen molar-refractivity contribution in [3.8, 4) is 56.7 Å². The van der Waals surface area contributed by atoms with Crippen LogP contribution in [0.25, 0.3) is 133 Å². The third-order valence-corrected chi connectivity index (χ3v) is 13.8. The van der Waals surface area contributed by atoms with Crippen LogP contribution in [-0.4, -0.2) is 24.1 Å². The van der Waals surface area contributed by atoms with E-state index in [-0.39, 0.29) is 0 Å². The van der Waals surface area contributed by atoms with Crippen LogP contribution < -0.4 is 0 Å². The van der Waals surface area contributed by atoms with Crippen LogP contribution >= 0.6 is 0 Å². The first-order valence-corrected chi connectivity index (χ1v) is 23.1. The van der Waals surface area contributed by atoms with E-state index in [4.69, 9.17) is 15.0 Å². The number of rotatable bonds is 6. The zero-order chi connectivity index (χ0) is 44.7. The molecule has 0 amide bonds. The summed E-state index contributed by atoms with van der Waals surface area (Å²) in [5, 5.41) is 12.3. The van der Waals surface area contributed by atoms with E-state index in [9.17, 15) is 0 Å². The number of fused-ring (bicyclic) bond motifs is 13. The molecule has 0 saturated carbocycles. The van der Waals surface area contributed by atoms with Crippen molar-refractivity contribution in [1.29, 1.82) is 0 Å². The lowest BCUT2D eigenvalue weighted by atomic mass is 9.92. The zero-order valence-electron chi connectivity index (χ0n) is 36.8. The first-order chi connectivity index (χ1) is 33.7. The van der Waals surface area contributed by atoms with E-state index in [1.54, 1.807) is 0 Å². The van der Waals surface area contributed by atoms with Gasteiger partial charge in [0.05, 0.1) is 22.1 Å². The van der Waals surface area contributed by atoms with Crippen molar-refractivity contribution >= 4 is 75.9 Å². The number of hydrogen-bond donors (Lipinski definition) is 0. The lowest BCUT2D eigenvalue weighted by Crippen LogP contribution is -2.06. The molecule has 0 aliphatic rings. The Morgan fingerprint density at radius 2 is 0.647 bits per heavy atom. The molecule has 3 heterocycles. The summed E-state index contributed by atoms with van der Waals surface area (Å²) in [6.07, 6.45) is 0. The van der Waals surface area contributed by atoms with Crippen LogP contribution in [0, 0.1) is 0 Å². The molecule has 0 radical (unpaired) electrons. The van der Waals surface area contributed by atoms with E-state index < -0.39 is 0 Å². The predicted molar refractivity (Wildman–Crippen MR) is 283 cm³/mol. The van der Waals surface area contributed by atoms with Gasteiger partial charge in [0, 0.05) is 38.4 Å². The fourth-order valence-corrected chi connectivity index (χ4v) is 10.7. The number of para-hydroxylation sites is 2. The molecule has 3 aromatic heterocycles. The van der Waals surface area contributed by atoms with Gasteiger partial charge in [-0.25, -0.2) is 4.98 Å². The molecule has 0 aliphatic carbocycles. The average molecular weight is 866 g/mol. The summed E-state index contributed by atoms with van der Waals surface area (Å²) >= 11 is 0. The van der Waals surface area contributed by atoms with Crippen LogP contribution in [0.5, 0.6) is 0 Å². The summed E-state index contributed by atoms with van der Waals surface area (Å²) in [5.41, 5.74) is 11.9. The van der Waals surface area contributed by atoms with Gasteiger partial charge in [0.25, 0.3) is 0 Å². The van der Waals surface area contributed by atoms with E-state index in [0.717, 1.165) is 55.2 Å². The maximum Gasteiger partial charge on any atom is 0.238 e. The standard InChI is InChI=1S/C63H39N5/c1-3-16-40(17-4-1)41-30-32-43(33-31-41)62-64-61(42-18-5-2-6-19-42)65-63(66-62)68-56-29-14-12-27-53(56)60-58(68)37-36-57-59(60)52-26-11-13-28-55(52)67(57)46-21-15-20-44(38-46)45-34-35-51-49-24-8-7-22-47(49)48-23-9-10-25-50(48)54(51)39-45/h1-39H. The molecule has 14 rings (SSSR count). The van der Waals surface area contributed by atoms with E-state index >= 15 is 0 Å². The van der Waals surface area contributed by atoms with Crippen LogP contribution in [0.15, 0.2) is 237 Å². The van der Waals surface area contributed by atoms with E-state index in [1.165, 1.54) is 59.8 Å². The summed E-state index contributed by atoms with van der Waals surface area (Å²) in [6, 6.07) is 84.6. The summed E-state index contributed by atoms with van der Waals surface area (Å²) in [7, 11) is 0. The van der Waals surface area contributed by atoms with Gasteiger partial charge in [-0.2, -0.15) is 9.97 Å². The van der Waals surface area contributed by atoms with Gasteiger partial charge in [0.15, 0.2) is 11.6 Å². The van der Waals surface area contributed by atoms with Crippen LogP contribution in [-0.2, 0) is 0 Å². The van der Waals surface area contributed by atoms with Gasteiger partial charge in [-0.05, 0) is 97.0 Å². The maximum atomic E-state index is 5.29. The molecule has 0 aliphatic heterocycles. The number of benzene rings is 11. The smallest absolute Gasteiger partial charge is 0.238 e. The van der Waals surface area contributed by atoms with Crippen molar-refractivity contribution in [3.05, 3.63) is 237 Å². The Labute approximate surface area is 391 Å². The first kappa shape index (κ1) is 38.1. The van der Waals surface area contributed by atoms with E-state index in [2.05, 4.69) is 221 Å². The lowest BCUT2D eigenvalue weighted by molar-refractivity contribution is 0.953. The normalized spacial score (nSPS) is 11.8. The predicted octanol–water partition coefficient (Wildman–Crippen LogP) is 16.2. The maximum absolute atomic E-state index is 5.29. The Morgan fingerprint density at radius 1 is 0.235 bits per heavy atom. The molecule has 0 saturated heterocycles. The second kappa shape index (κ2) is 15.2. The molecule has 316 valence electrons. The van der Waals surface area contributed by atoms with Crippen LogP contribution in [0.1, 0.15) is 0 Å². The van der Waals surface area contributed by atoms with Gasteiger partial charge < -0.3 is 4.57 Å². The highest BCUT2D eigenvalue weighted by molar-refractivity contribution is 6.29. The minimum atomic E-state index is 0.569. The Kier molecular flexibility index (Phi) is 8.52. The van der Waals surface area contributed by atoms with Crippen molar-refractivity contribution in [2.75, 3.05) is 0 Å². The molecule has 0 N–H and O–H groups in total. The highest BCUT2D eigenvalue weighted by Crippen LogP contribution is 2.43. The topological polar surface area (TPSA) is 48.5 Å². The van der Waals surface area contributed by atoms with Crippen molar-refractivity contribution < 1.29 is 0 Å². The molecule has 0 atom stereocenters. The SMILES string of the molecule is c1ccc(-c2ccc(-c3nc(-c4ccccc4)nc(-n4c5ccccc5c5c6c7ccccc7n(-c7cccc(-c8ccc9c%10ccccc%10c%10ccccc%10c9c8)c7)c6ccc54)n3)cc2)cc1. The molecule has 68 heavy (non-hydrogen) atoms. The van der Waals surface area contributed by atoms with Gasteiger partial charge in [-0.1, -0.05) is 194 Å². The molecule has 14 aromatic rings. The molecule has 0 fully saturated rings. The number of aromatic nitrogens is 5. The molecule has 0 unspecified atom stereocenters. The van der Waals surface area contributed by atoms with Crippen molar-refractivity contribution in [2.45, 2.75) is 0 Å². The average Bonchev–Trinajstić information content (AvgIpc) is 3.94. The third-order valence-electron chi connectivity index (χ3n) is 13.8. The summed E-state index contributed by atoms with van der Waals surface area (Å²) < 4.78 is 4.65. The largest absolute Gasteiger partial charge is 0.309 e. The summed E-state index contributed by atoms with van der Waals surface area (Å²) in [4.78, 5) is 15.7. The van der Waals surface area contributed by atoms with Gasteiger partial charge in [-0.15, -0.1) is 0 Å². The van der Waals surface area contributed by atoms with Crippen molar-refractivity contribution in [1.82, 2.24) is 24.1 Å². The Morgan fingerprint density at radius 3 is 1.26 bits per heavy atom. The van der Waals surface area contributed by atoms with Gasteiger partial charge >= 0.3 is 0 Å². The molecule has 5 heteroatoms. The molecular formula is C63H39N5. The zero-order valence-corrected chi connectivity index (χ0v) is 36.8. The number of hydrogen-bond acceptors (Lipinski definition) is 3. The molecule has 0 bridgehead atoms. The van der Waals surface area contributed by atoms with E-state index in [1.807, 2.05) is 24.3 Å². The molecule has 11 aromatic carbocycles. The highest BCUT2D eigenvalue weighted by Gasteiger charge is 2.23. The number of nitrogens with zero attached hydrogens (tertiary/aromatic N) is 5.